The van der Waals surface area contributed by atoms with E-state index in [0.717, 1.165) is 6.42 Å². The number of carbonyl (C=O) groups excluding carboxylic acids is 2. The van der Waals surface area contributed by atoms with Gasteiger partial charge in [0.2, 0.25) is 6.29 Å². The molecular formula is C29H29N3O6. The first-order valence-electron chi connectivity index (χ1n) is 12.3. The number of esters is 2. The minimum atomic E-state index is -0.692. The standard InChI is InChI=1S/C29H29N3O6/c1-4-9-27(38-25-17-21(28(33)35-5-2)16-22(18-25)29(34)36-6-3)37-24-14-12-23(13-15-24)31-32-26-11-8-7-10-20(26)19-30/h7-8,10-18,27H,4-6,9H2,1-3H3. The molecule has 1 atom stereocenters. The summed E-state index contributed by atoms with van der Waals surface area (Å²) in [4.78, 5) is 24.7. The van der Waals surface area contributed by atoms with Crippen molar-refractivity contribution in [1.82, 2.24) is 0 Å². The number of hydrogen-bond acceptors (Lipinski definition) is 9. The number of nitriles is 1. The van der Waals surface area contributed by atoms with Gasteiger partial charge in [-0.25, -0.2) is 9.59 Å². The molecule has 0 radical (unpaired) electrons. The van der Waals surface area contributed by atoms with E-state index in [0.29, 0.717) is 29.1 Å². The molecule has 0 heterocycles. The van der Waals surface area contributed by atoms with Crippen LogP contribution in [-0.4, -0.2) is 31.4 Å². The average Bonchev–Trinajstić information content (AvgIpc) is 2.93. The first kappa shape index (κ1) is 27.9. The van der Waals surface area contributed by atoms with Gasteiger partial charge in [-0.15, -0.1) is 5.11 Å². The lowest BCUT2D eigenvalue weighted by atomic mass is 10.1. The number of benzene rings is 3. The molecule has 38 heavy (non-hydrogen) atoms. The van der Waals surface area contributed by atoms with Crippen LogP contribution in [0.2, 0.25) is 0 Å². The molecule has 0 saturated carbocycles. The van der Waals surface area contributed by atoms with Gasteiger partial charge in [-0.05, 0) is 74.9 Å². The first-order chi connectivity index (χ1) is 18.5. The summed E-state index contributed by atoms with van der Waals surface area (Å²) in [5.74, 6) is -0.331. The van der Waals surface area contributed by atoms with Crippen molar-refractivity contribution in [3.63, 3.8) is 0 Å². The predicted molar refractivity (Wildman–Crippen MR) is 140 cm³/mol. The fourth-order valence-corrected chi connectivity index (χ4v) is 3.37. The van der Waals surface area contributed by atoms with Crippen molar-refractivity contribution in [1.29, 1.82) is 5.26 Å². The van der Waals surface area contributed by atoms with Crippen molar-refractivity contribution in [2.24, 2.45) is 10.2 Å². The molecule has 0 aromatic heterocycles. The molecule has 0 N–H and O–H groups in total. The van der Waals surface area contributed by atoms with Gasteiger partial charge >= 0.3 is 11.9 Å². The number of rotatable bonds is 12. The average molecular weight is 516 g/mol. The summed E-state index contributed by atoms with van der Waals surface area (Å²) in [6.07, 6.45) is 0.616. The van der Waals surface area contributed by atoms with Crippen LogP contribution in [0, 0.1) is 11.3 Å². The van der Waals surface area contributed by atoms with Crippen LogP contribution in [-0.2, 0) is 9.47 Å². The SMILES string of the molecule is CCCC(Oc1ccc(N=Nc2ccccc2C#N)cc1)Oc1cc(C(=O)OCC)cc(C(=O)OCC)c1. The maximum Gasteiger partial charge on any atom is 0.338 e. The summed E-state index contributed by atoms with van der Waals surface area (Å²) < 4.78 is 22.3. The molecule has 0 saturated heterocycles. The second kappa shape index (κ2) is 14.1. The molecule has 0 aliphatic heterocycles. The lowest BCUT2D eigenvalue weighted by Crippen LogP contribution is -2.24. The highest BCUT2D eigenvalue weighted by molar-refractivity contribution is 5.96. The van der Waals surface area contributed by atoms with Crippen LogP contribution in [0.4, 0.5) is 11.4 Å². The Morgan fingerprint density at radius 1 is 0.816 bits per heavy atom. The molecule has 196 valence electrons. The number of hydrogen-bond donors (Lipinski definition) is 0. The lowest BCUT2D eigenvalue weighted by Gasteiger charge is -2.21. The van der Waals surface area contributed by atoms with Gasteiger partial charge in [0.1, 0.15) is 23.3 Å². The van der Waals surface area contributed by atoms with E-state index in [4.69, 9.17) is 18.9 Å². The van der Waals surface area contributed by atoms with E-state index in [1.54, 1.807) is 62.4 Å². The molecule has 0 spiro atoms. The summed E-state index contributed by atoms with van der Waals surface area (Å²) >= 11 is 0. The summed E-state index contributed by atoms with van der Waals surface area (Å²) in [6, 6.07) is 20.4. The lowest BCUT2D eigenvalue weighted by molar-refractivity contribution is -0.00136. The summed E-state index contributed by atoms with van der Waals surface area (Å²) in [5, 5.41) is 17.5. The largest absolute Gasteiger partial charge is 0.462 e. The number of ether oxygens (including phenoxy) is 4. The van der Waals surface area contributed by atoms with Crippen molar-refractivity contribution in [2.75, 3.05) is 13.2 Å². The van der Waals surface area contributed by atoms with Gasteiger partial charge in [-0.3, -0.25) is 0 Å². The third-order valence-corrected chi connectivity index (χ3v) is 5.12. The third-order valence-electron chi connectivity index (χ3n) is 5.12. The fraction of sp³-hybridized carbons (Fsp3) is 0.276. The van der Waals surface area contributed by atoms with E-state index >= 15 is 0 Å². The van der Waals surface area contributed by atoms with Gasteiger partial charge < -0.3 is 18.9 Å². The Labute approximate surface area is 221 Å². The molecule has 1 unspecified atom stereocenters. The van der Waals surface area contributed by atoms with Gasteiger partial charge in [0, 0.05) is 6.42 Å². The van der Waals surface area contributed by atoms with E-state index in [1.165, 1.54) is 18.2 Å². The molecule has 9 heteroatoms. The van der Waals surface area contributed by atoms with Crippen LogP contribution in [0.15, 0.2) is 77.0 Å². The Hall–Kier alpha value is -4.71. The van der Waals surface area contributed by atoms with Crippen LogP contribution in [0.1, 0.15) is 59.9 Å². The van der Waals surface area contributed by atoms with Gasteiger partial charge in [0.15, 0.2) is 0 Å². The predicted octanol–water partition coefficient (Wildman–Crippen LogP) is 6.91. The van der Waals surface area contributed by atoms with Crippen molar-refractivity contribution < 1.29 is 28.5 Å². The molecule has 0 amide bonds. The van der Waals surface area contributed by atoms with E-state index in [1.807, 2.05) is 6.92 Å². The molecule has 3 rings (SSSR count). The second-order valence-electron chi connectivity index (χ2n) is 7.96. The maximum atomic E-state index is 12.4. The summed E-state index contributed by atoms with van der Waals surface area (Å²) in [5.41, 5.74) is 1.86. The highest BCUT2D eigenvalue weighted by Crippen LogP contribution is 2.26. The van der Waals surface area contributed by atoms with Crippen LogP contribution >= 0.6 is 0 Å². The van der Waals surface area contributed by atoms with Crippen LogP contribution in [0.5, 0.6) is 11.5 Å². The van der Waals surface area contributed by atoms with Crippen molar-refractivity contribution in [3.8, 4) is 17.6 Å². The Morgan fingerprint density at radius 2 is 1.42 bits per heavy atom. The van der Waals surface area contributed by atoms with Gasteiger partial charge in [0.25, 0.3) is 0 Å². The third kappa shape index (κ3) is 7.90. The molecule has 3 aromatic carbocycles. The zero-order valence-electron chi connectivity index (χ0n) is 21.5. The smallest absolute Gasteiger partial charge is 0.338 e. The van der Waals surface area contributed by atoms with Gasteiger partial charge in [-0.2, -0.15) is 10.4 Å². The first-order valence-corrected chi connectivity index (χ1v) is 12.3. The summed E-state index contributed by atoms with van der Waals surface area (Å²) in [6.45, 7) is 5.78. The van der Waals surface area contributed by atoms with Crippen molar-refractivity contribution in [2.45, 2.75) is 39.9 Å². The molecule has 0 bridgehead atoms. The topological polar surface area (TPSA) is 120 Å². The molecule has 9 nitrogen and oxygen atoms in total. The number of carbonyl (C=O) groups is 2. The maximum absolute atomic E-state index is 12.4. The Balaban J connectivity index is 1.77. The van der Waals surface area contributed by atoms with Gasteiger partial charge in [-0.1, -0.05) is 19.1 Å². The van der Waals surface area contributed by atoms with E-state index < -0.39 is 18.2 Å². The molecule has 0 aliphatic rings. The second-order valence-corrected chi connectivity index (χ2v) is 7.96. The normalized spacial score (nSPS) is 11.4. The van der Waals surface area contributed by atoms with Crippen molar-refractivity contribution in [3.05, 3.63) is 83.4 Å². The number of azo groups is 1. The van der Waals surface area contributed by atoms with E-state index in [-0.39, 0.29) is 30.1 Å². The highest BCUT2D eigenvalue weighted by atomic mass is 16.7. The van der Waals surface area contributed by atoms with Gasteiger partial charge in [0.05, 0.1) is 35.6 Å². The Bertz CT molecular complexity index is 1280. The zero-order valence-corrected chi connectivity index (χ0v) is 21.5. The molecule has 0 aliphatic carbocycles. The summed E-state index contributed by atoms with van der Waals surface area (Å²) in [7, 11) is 0. The fourth-order valence-electron chi connectivity index (χ4n) is 3.37. The zero-order chi connectivity index (χ0) is 27.3. The minimum Gasteiger partial charge on any atom is -0.462 e. The molecule has 0 fully saturated rings. The van der Waals surface area contributed by atoms with E-state index in [2.05, 4.69) is 16.3 Å². The Kier molecular flexibility index (Phi) is 10.4. The highest BCUT2D eigenvalue weighted by Gasteiger charge is 2.18. The van der Waals surface area contributed by atoms with Crippen LogP contribution in [0.3, 0.4) is 0 Å². The number of nitrogens with zero attached hydrogens (tertiary/aromatic N) is 3. The minimum absolute atomic E-state index is 0.176. The van der Waals surface area contributed by atoms with Crippen molar-refractivity contribution >= 4 is 23.3 Å². The van der Waals surface area contributed by atoms with Crippen LogP contribution < -0.4 is 9.47 Å². The van der Waals surface area contributed by atoms with E-state index in [9.17, 15) is 14.9 Å². The van der Waals surface area contributed by atoms with Crippen LogP contribution in [0.25, 0.3) is 0 Å². The molecular weight excluding hydrogens is 486 g/mol. The quantitative estimate of drug-likeness (QED) is 0.146. The monoisotopic (exact) mass is 515 g/mol. The molecule has 3 aromatic rings. The Morgan fingerprint density at radius 3 is 2.00 bits per heavy atom.